The van der Waals surface area contributed by atoms with Gasteiger partial charge in [-0.3, -0.25) is 14.4 Å². The van der Waals surface area contributed by atoms with Gasteiger partial charge in [0.1, 0.15) is 11.5 Å². The topological polar surface area (TPSA) is 123 Å². The molecule has 0 unspecified atom stereocenters. The fourth-order valence-electron chi connectivity index (χ4n) is 2.85. The molecule has 0 bridgehead atoms. The van der Waals surface area contributed by atoms with E-state index in [2.05, 4.69) is 16.0 Å². The maximum atomic E-state index is 13.8. The second-order valence-corrected chi connectivity index (χ2v) is 11.1. The Bertz CT molecular complexity index is 1090. The van der Waals surface area contributed by atoms with Gasteiger partial charge in [0, 0.05) is 54.1 Å². The van der Waals surface area contributed by atoms with Gasteiger partial charge < -0.3 is 25.0 Å². The summed E-state index contributed by atoms with van der Waals surface area (Å²) in [6, 6.07) is 19.5. The van der Waals surface area contributed by atoms with Crippen LogP contribution in [0.5, 0.6) is 11.5 Å². The fraction of sp³-hybridized carbons (Fsp3) is 0.125. The molecule has 0 saturated carbocycles. The number of carbonyl (C=O) groups is 3. The monoisotopic (exact) mass is 513 g/mol. The highest BCUT2D eigenvalue weighted by atomic mass is 32.7. The van der Waals surface area contributed by atoms with E-state index < -0.39 is 6.80 Å². The quantitative estimate of drug-likeness (QED) is 0.304. The van der Waals surface area contributed by atoms with Gasteiger partial charge in [0.05, 0.1) is 0 Å². The van der Waals surface area contributed by atoms with Crippen LogP contribution in [0.4, 0.5) is 17.1 Å². The molecule has 3 N–H and O–H groups in total. The van der Waals surface area contributed by atoms with Crippen molar-refractivity contribution in [3.63, 3.8) is 0 Å². The Morgan fingerprint density at radius 3 is 1.23 bits per heavy atom. The van der Waals surface area contributed by atoms with Crippen molar-refractivity contribution in [3.8, 4) is 11.5 Å². The molecule has 11 heteroatoms. The molecular weight excluding hydrogens is 489 g/mol. The van der Waals surface area contributed by atoms with E-state index in [0.717, 1.165) is 11.4 Å². The number of anilines is 3. The number of rotatable bonds is 9. The summed E-state index contributed by atoms with van der Waals surface area (Å²) in [4.78, 5) is 34.3. The second-order valence-electron chi connectivity index (χ2n) is 7.34. The van der Waals surface area contributed by atoms with Crippen molar-refractivity contribution in [2.24, 2.45) is 0 Å². The predicted molar refractivity (Wildman–Crippen MR) is 137 cm³/mol. The summed E-state index contributed by atoms with van der Waals surface area (Å²) in [6.45, 7) is 0.352. The van der Waals surface area contributed by atoms with Crippen molar-refractivity contribution in [2.45, 2.75) is 25.7 Å². The molecule has 0 atom stereocenters. The minimum Gasteiger partial charge on any atom is -0.408 e. The highest BCUT2D eigenvalue weighted by Crippen LogP contribution is 2.62. The first-order valence-electron chi connectivity index (χ1n) is 10.4. The van der Waals surface area contributed by atoms with E-state index in [1.54, 1.807) is 72.8 Å². The Morgan fingerprint density at radius 1 is 0.600 bits per heavy atom. The van der Waals surface area contributed by atoms with Crippen LogP contribution in [0.15, 0.2) is 77.7 Å². The van der Waals surface area contributed by atoms with Gasteiger partial charge in [-0.2, -0.15) is 0 Å². The third-order valence-corrected chi connectivity index (χ3v) is 7.50. The minimum atomic E-state index is -3.86. The molecule has 0 spiro atoms. The molecular formula is C24H24N3O6PS. The smallest absolute Gasteiger partial charge is 0.408 e. The summed E-state index contributed by atoms with van der Waals surface area (Å²) in [6.07, 6.45) is 0. The Hall–Kier alpha value is -3.75. The van der Waals surface area contributed by atoms with Crippen LogP contribution >= 0.6 is 18.2 Å². The van der Waals surface area contributed by atoms with Crippen LogP contribution in [0.2, 0.25) is 0 Å². The summed E-state index contributed by atoms with van der Waals surface area (Å²) in [5.41, 5.74) is 1.73. The zero-order valence-corrected chi connectivity index (χ0v) is 20.9. The summed E-state index contributed by atoms with van der Waals surface area (Å²) >= 11 is 0.897. The molecule has 0 heterocycles. The second kappa shape index (κ2) is 11.6. The average Bonchev–Trinajstić information content (AvgIpc) is 2.77. The summed E-state index contributed by atoms with van der Waals surface area (Å²) in [5.74, 6) is -0.0743. The minimum absolute atomic E-state index is 0.201. The highest BCUT2D eigenvalue weighted by Gasteiger charge is 2.31. The molecule has 3 aromatic carbocycles. The lowest BCUT2D eigenvalue weighted by Crippen LogP contribution is -2.06. The van der Waals surface area contributed by atoms with E-state index in [1.165, 1.54) is 20.8 Å². The Labute approximate surface area is 206 Å². The summed E-state index contributed by atoms with van der Waals surface area (Å²) in [7, 11) is 0. The van der Waals surface area contributed by atoms with E-state index in [4.69, 9.17) is 9.05 Å². The molecule has 3 amide bonds. The van der Waals surface area contributed by atoms with E-state index >= 15 is 0 Å². The number of amides is 3. The number of nitrogens with one attached hydrogen (secondary N) is 3. The summed E-state index contributed by atoms with van der Waals surface area (Å²) in [5, 5.41) is 7.98. The Kier molecular flexibility index (Phi) is 8.57. The van der Waals surface area contributed by atoms with Gasteiger partial charge in [0.15, 0.2) is 0 Å². The van der Waals surface area contributed by atoms with Crippen molar-refractivity contribution < 1.29 is 28.0 Å². The van der Waals surface area contributed by atoms with Gasteiger partial charge in [-0.1, -0.05) is 0 Å². The lowest BCUT2D eigenvalue weighted by Gasteiger charge is -2.19. The van der Waals surface area contributed by atoms with Crippen LogP contribution in [-0.2, 0) is 18.9 Å². The molecule has 3 aromatic rings. The van der Waals surface area contributed by atoms with E-state index in [1.807, 2.05) is 0 Å². The Balaban J connectivity index is 1.83. The lowest BCUT2D eigenvalue weighted by molar-refractivity contribution is -0.115. The maximum Gasteiger partial charge on any atom is 0.497 e. The maximum absolute atomic E-state index is 13.8. The van der Waals surface area contributed by atoms with Crippen molar-refractivity contribution in [3.05, 3.63) is 72.8 Å². The molecule has 0 aliphatic carbocycles. The van der Waals surface area contributed by atoms with Crippen molar-refractivity contribution in [1.82, 2.24) is 0 Å². The molecule has 0 fully saturated rings. The van der Waals surface area contributed by atoms with Crippen LogP contribution in [0.25, 0.3) is 0 Å². The third kappa shape index (κ3) is 8.51. The standard InChI is InChI=1S/C24H24N3O6PS/c1-16(28)25-19-4-10-22(11-5-19)32-34(31,33-23-12-6-20(7-13-23)26-17(2)29)35-24-14-8-21(9-15-24)27-18(3)30/h4-15H,1-3H3,(H,25,28)(H,26,29)(H,27,30). The lowest BCUT2D eigenvalue weighted by atomic mass is 10.3. The van der Waals surface area contributed by atoms with E-state index in [9.17, 15) is 18.9 Å². The zero-order chi connectivity index (χ0) is 25.4. The molecule has 182 valence electrons. The third-order valence-electron chi connectivity index (χ3n) is 4.18. The first kappa shape index (κ1) is 25.9. The van der Waals surface area contributed by atoms with E-state index in [-0.39, 0.29) is 29.2 Å². The molecule has 0 saturated heterocycles. The number of hydrogen-bond acceptors (Lipinski definition) is 7. The molecule has 0 aliphatic rings. The molecule has 3 rings (SSSR count). The number of carbonyl (C=O) groups excluding carboxylic acids is 3. The first-order chi connectivity index (χ1) is 16.6. The van der Waals surface area contributed by atoms with E-state index in [0.29, 0.717) is 22.0 Å². The van der Waals surface area contributed by atoms with Gasteiger partial charge >= 0.3 is 6.80 Å². The van der Waals surface area contributed by atoms with Gasteiger partial charge in [-0.25, -0.2) is 4.57 Å². The van der Waals surface area contributed by atoms with Gasteiger partial charge in [-0.05, 0) is 72.8 Å². The predicted octanol–water partition coefficient (Wildman–Crippen LogP) is 5.92. The normalized spacial score (nSPS) is 10.7. The van der Waals surface area contributed by atoms with Crippen molar-refractivity contribution in [1.29, 1.82) is 0 Å². The van der Waals surface area contributed by atoms with Crippen LogP contribution in [0, 0.1) is 0 Å². The molecule has 9 nitrogen and oxygen atoms in total. The highest BCUT2D eigenvalue weighted by molar-refractivity contribution is 8.55. The average molecular weight is 514 g/mol. The molecule has 0 radical (unpaired) electrons. The molecule has 35 heavy (non-hydrogen) atoms. The van der Waals surface area contributed by atoms with Gasteiger partial charge in [0.2, 0.25) is 17.7 Å². The summed E-state index contributed by atoms with van der Waals surface area (Å²) < 4.78 is 25.4. The zero-order valence-electron chi connectivity index (χ0n) is 19.2. The van der Waals surface area contributed by atoms with Crippen molar-refractivity contribution >= 4 is 53.0 Å². The van der Waals surface area contributed by atoms with Crippen LogP contribution in [0.1, 0.15) is 20.8 Å². The number of hydrogen-bond donors (Lipinski definition) is 3. The SMILES string of the molecule is CC(=O)Nc1ccc(OP(=O)(Oc2ccc(NC(C)=O)cc2)Sc2ccc(NC(C)=O)cc2)cc1. The van der Waals surface area contributed by atoms with Crippen molar-refractivity contribution in [2.75, 3.05) is 16.0 Å². The largest absolute Gasteiger partial charge is 0.497 e. The fourth-order valence-corrected chi connectivity index (χ4v) is 6.12. The van der Waals surface area contributed by atoms with Crippen LogP contribution < -0.4 is 25.0 Å². The van der Waals surface area contributed by atoms with Crippen LogP contribution in [-0.4, -0.2) is 17.7 Å². The van der Waals surface area contributed by atoms with Gasteiger partial charge in [0.25, 0.3) is 0 Å². The molecule has 0 aromatic heterocycles. The van der Waals surface area contributed by atoms with Gasteiger partial charge in [-0.15, -0.1) is 0 Å². The van der Waals surface area contributed by atoms with Crippen LogP contribution in [0.3, 0.4) is 0 Å². The Morgan fingerprint density at radius 2 is 0.914 bits per heavy atom. The number of benzene rings is 3. The first-order valence-corrected chi connectivity index (χ1v) is 13.4. The molecule has 0 aliphatic heterocycles.